The average Bonchev–Trinajstić information content (AvgIpc) is 3.40. The SMILES string of the molecule is Cn1cc(-c2cc(Nc3ncc4cc(Br)ccc4n3)cc(OC3CCNC3)c2)cn1. The first kappa shape index (κ1) is 19.0. The molecule has 0 radical (unpaired) electrons. The van der Waals surface area contributed by atoms with Gasteiger partial charge in [0.2, 0.25) is 5.95 Å². The molecule has 152 valence electrons. The number of anilines is 2. The molecule has 2 aromatic heterocycles. The van der Waals surface area contributed by atoms with Crippen molar-refractivity contribution in [2.24, 2.45) is 7.05 Å². The van der Waals surface area contributed by atoms with E-state index in [-0.39, 0.29) is 6.10 Å². The van der Waals surface area contributed by atoms with Gasteiger partial charge in [-0.2, -0.15) is 5.10 Å². The van der Waals surface area contributed by atoms with Crippen LogP contribution in [0.4, 0.5) is 11.6 Å². The van der Waals surface area contributed by atoms with Gasteiger partial charge in [0.1, 0.15) is 11.9 Å². The number of halogens is 1. The fourth-order valence-electron chi connectivity index (χ4n) is 3.59. The first-order valence-corrected chi connectivity index (χ1v) is 10.6. The van der Waals surface area contributed by atoms with Crippen LogP contribution in [0.15, 0.2) is 59.5 Å². The summed E-state index contributed by atoms with van der Waals surface area (Å²) < 4.78 is 9.03. The lowest BCUT2D eigenvalue weighted by molar-refractivity contribution is 0.223. The molecule has 1 aliphatic heterocycles. The molecule has 8 heteroatoms. The second-order valence-electron chi connectivity index (χ2n) is 7.40. The molecule has 1 saturated heterocycles. The Labute approximate surface area is 182 Å². The molecule has 0 spiro atoms. The van der Waals surface area contributed by atoms with Crippen LogP contribution in [0.1, 0.15) is 6.42 Å². The van der Waals surface area contributed by atoms with Gasteiger partial charge in [0.15, 0.2) is 0 Å². The van der Waals surface area contributed by atoms with Crippen LogP contribution in [-0.2, 0) is 7.05 Å². The fourth-order valence-corrected chi connectivity index (χ4v) is 3.97. The quantitative estimate of drug-likeness (QED) is 0.459. The van der Waals surface area contributed by atoms with Crippen LogP contribution in [0, 0.1) is 0 Å². The van der Waals surface area contributed by atoms with Crippen LogP contribution in [0.5, 0.6) is 5.75 Å². The fraction of sp³-hybridized carbons (Fsp3) is 0.227. The van der Waals surface area contributed by atoms with Gasteiger partial charge < -0.3 is 15.4 Å². The maximum Gasteiger partial charge on any atom is 0.227 e. The van der Waals surface area contributed by atoms with Crippen molar-refractivity contribution in [2.75, 3.05) is 18.4 Å². The minimum atomic E-state index is 0.178. The van der Waals surface area contributed by atoms with E-state index in [1.54, 1.807) is 4.68 Å². The van der Waals surface area contributed by atoms with Crippen molar-refractivity contribution in [2.45, 2.75) is 12.5 Å². The average molecular weight is 465 g/mol. The molecule has 0 aliphatic carbocycles. The molecule has 1 aliphatic rings. The summed E-state index contributed by atoms with van der Waals surface area (Å²) in [6.07, 6.45) is 6.84. The topological polar surface area (TPSA) is 76.9 Å². The number of hydrogen-bond acceptors (Lipinski definition) is 6. The number of hydrogen-bond donors (Lipinski definition) is 2. The van der Waals surface area contributed by atoms with Gasteiger partial charge in [-0.25, -0.2) is 9.97 Å². The Morgan fingerprint density at radius 3 is 2.90 bits per heavy atom. The van der Waals surface area contributed by atoms with Crippen LogP contribution in [0.3, 0.4) is 0 Å². The Bertz CT molecular complexity index is 1200. The highest BCUT2D eigenvalue weighted by molar-refractivity contribution is 9.10. The standard InChI is InChI=1S/C22H21BrN6O/c1-29-13-16(11-26-29)14-7-18(9-20(8-14)30-19-4-5-24-12-19)27-22-25-10-15-6-17(23)2-3-21(15)28-22/h2-3,6-11,13,19,24H,4-5,12H2,1H3,(H,25,27,28). The van der Waals surface area contributed by atoms with E-state index in [2.05, 4.69) is 53.8 Å². The van der Waals surface area contributed by atoms with Gasteiger partial charge in [0.05, 0.1) is 11.7 Å². The first-order valence-electron chi connectivity index (χ1n) is 9.83. The highest BCUT2D eigenvalue weighted by Crippen LogP contribution is 2.31. The molecular formula is C22H21BrN6O. The van der Waals surface area contributed by atoms with Crippen LogP contribution < -0.4 is 15.4 Å². The lowest BCUT2D eigenvalue weighted by Gasteiger charge is -2.15. The molecule has 0 saturated carbocycles. The second kappa shape index (κ2) is 8.04. The lowest BCUT2D eigenvalue weighted by atomic mass is 10.1. The van der Waals surface area contributed by atoms with Crippen molar-refractivity contribution < 1.29 is 4.74 Å². The number of aromatic nitrogens is 4. The van der Waals surface area contributed by atoms with Crippen molar-refractivity contribution >= 4 is 38.5 Å². The third kappa shape index (κ3) is 4.15. The molecule has 1 fully saturated rings. The molecule has 30 heavy (non-hydrogen) atoms. The molecule has 0 amide bonds. The number of aryl methyl sites for hydroxylation is 1. The predicted molar refractivity (Wildman–Crippen MR) is 121 cm³/mol. The largest absolute Gasteiger partial charge is 0.489 e. The maximum atomic E-state index is 6.23. The maximum absolute atomic E-state index is 6.23. The molecule has 1 unspecified atom stereocenters. The smallest absolute Gasteiger partial charge is 0.227 e. The number of nitrogens with one attached hydrogen (secondary N) is 2. The zero-order chi connectivity index (χ0) is 20.5. The molecule has 1 atom stereocenters. The monoisotopic (exact) mass is 464 g/mol. The summed E-state index contributed by atoms with van der Waals surface area (Å²) in [5, 5.41) is 12.0. The molecule has 2 N–H and O–H groups in total. The third-order valence-corrected chi connectivity index (χ3v) is 5.55. The molecule has 0 bridgehead atoms. The minimum Gasteiger partial charge on any atom is -0.489 e. The van der Waals surface area contributed by atoms with E-state index in [9.17, 15) is 0 Å². The second-order valence-corrected chi connectivity index (χ2v) is 8.32. The van der Waals surface area contributed by atoms with E-state index in [0.717, 1.165) is 57.4 Å². The predicted octanol–water partition coefficient (Wildman–Crippen LogP) is 4.28. The first-order chi connectivity index (χ1) is 14.6. The molecule has 7 nitrogen and oxygen atoms in total. The summed E-state index contributed by atoms with van der Waals surface area (Å²) in [6, 6.07) is 12.1. The number of benzene rings is 2. The summed E-state index contributed by atoms with van der Waals surface area (Å²) in [5.41, 5.74) is 3.81. The van der Waals surface area contributed by atoms with Crippen LogP contribution >= 0.6 is 15.9 Å². The Morgan fingerprint density at radius 1 is 1.17 bits per heavy atom. The molecule has 3 heterocycles. The third-order valence-electron chi connectivity index (χ3n) is 5.06. The van der Waals surface area contributed by atoms with Crippen molar-refractivity contribution in [3.8, 4) is 16.9 Å². The molecule has 4 aromatic rings. The lowest BCUT2D eigenvalue weighted by Crippen LogP contribution is -2.19. The summed E-state index contributed by atoms with van der Waals surface area (Å²) >= 11 is 3.48. The van der Waals surface area contributed by atoms with Crippen LogP contribution in [-0.4, -0.2) is 38.9 Å². The Hall–Kier alpha value is -2.97. The number of nitrogens with zero attached hydrogens (tertiary/aromatic N) is 4. The normalized spacial score (nSPS) is 16.1. The van der Waals surface area contributed by atoms with Crippen molar-refractivity contribution in [3.63, 3.8) is 0 Å². The zero-order valence-electron chi connectivity index (χ0n) is 16.5. The van der Waals surface area contributed by atoms with E-state index in [1.807, 2.05) is 49.9 Å². The summed E-state index contributed by atoms with van der Waals surface area (Å²) in [5.74, 6) is 1.36. The van der Waals surface area contributed by atoms with E-state index >= 15 is 0 Å². The number of rotatable bonds is 5. The Balaban J connectivity index is 1.48. The summed E-state index contributed by atoms with van der Waals surface area (Å²) in [6.45, 7) is 1.85. The summed E-state index contributed by atoms with van der Waals surface area (Å²) in [4.78, 5) is 9.11. The Kier molecular flexibility index (Phi) is 5.10. The van der Waals surface area contributed by atoms with E-state index < -0.39 is 0 Å². The van der Waals surface area contributed by atoms with Gasteiger partial charge in [-0.3, -0.25) is 4.68 Å². The number of ether oxygens (including phenoxy) is 1. The van der Waals surface area contributed by atoms with Gasteiger partial charge in [-0.05, 0) is 48.9 Å². The van der Waals surface area contributed by atoms with Crippen molar-refractivity contribution in [3.05, 3.63) is 59.5 Å². The van der Waals surface area contributed by atoms with Crippen LogP contribution in [0.25, 0.3) is 22.0 Å². The van der Waals surface area contributed by atoms with Crippen molar-refractivity contribution in [1.29, 1.82) is 0 Å². The minimum absolute atomic E-state index is 0.178. The van der Waals surface area contributed by atoms with E-state index in [4.69, 9.17) is 4.74 Å². The van der Waals surface area contributed by atoms with Gasteiger partial charge in [-0.15, -0.1) is 0 Å². The highest BCUT2D eigenvalue weighted by Gasteiger charge is 2.17. The van der Waals surface area contributed by atoms with Gasteiger partial charge in [-0.1, -0.05) is 15.9 Å². The van der Waals surface area contributed by atoms with E-state index in [0.29, 0.717) is 5.95 Å². The highest BCUT2D eigenvalue weighted by atomic mass is 79.9. The summed E-state index contributed by atoms with van der Waals surface area (Å²) in [7, 11) is 1.91. The zero-order valence-corrected chi connectivity index (χ0v) is 18.1. The molecular weight excluding hydrogens is 444 g/mol. The van der Waals surface area contributed by atoms with Crippen LogP contribution in [0.2, 0.25) is 0 Å². The van der Waals surface area contributed by atoms with Gasteiger partial charge in [0.25, 0.3) is 0 Å². The van der Waals surface area contributed by atoms with Gasteiger partial charge >= 0.3 is 0 Å². The van der Waals surface area contributed by atoms with Crippen molar-refractivity contribution in [1.82, 2.24) is 25.1 Å². The molecule has 5 rings (SSSR count). The number of fused-ring (bicyclic) bond motifs is 1. The van der Waals surface area contributed by atoms with E-state index in [1.165, 1.54) is 0 Å². The molecule has 2 aromatic carbocycles. The Morgan fingerprint density at radius 2 is 2.10 bits per heavy atom. The van der Waals surface area contributed by atoms with Gasteiger partial charge in [0, 0.05) is 53.2 Å².